The van der Waals surface area contributed by atoms with E-state index in [4.69, 9.17) is 9.47 Å². The first-order chi connectivity index (χ1) is 20.4. The van der Waals surface area contributed by atoms with Crippen molar-refractivity contribution in [2.24, 2.45) is 17.9 Å². The molecule has 0 spiro atoms. The predicted octanol–water partition coefficient (Wildman–Crippen LogP) is 10.1. The van der Waals surface area contributed by atoms with Gasteiger partial charge in [-0.05, 0) is 93.7 Å². The van der Waals surface area contributed by atoms with Crippen LogP contribution in [0.3, 0.4) is 0 Å². The maximum Gasteiger partial charge on any atom is 0.228 e. The molecule has 0 radical (unpaired) electrons. The fourth-order valence-corrected chi connectivity index (χ4v) is 7.75. The van der Waals surface area contributed by atoms with Crippen LogP contribution >= 0.6 is 0 Å². The molecule has 1 fully saturated rings. The summed E-state index contributed by atoms with van der Waals surface area (Å²) < 4.78 is 15.2. The summed E-state index contributed by atoms with van der Waals surface area (Å²) in [6.07, 6.45) is 6.42. The average Bonchev–Trinajstić information content (AvgIpc) is 2.95. The molecule has 0 bridgehead atoms. The summed E-state index contributed by atoms with van der Waals surface area (Å²) in [5.74, 6) is 2.54. The fraction of sp³-hybridized carbons (Fsp3) is 0.425. The molecule has 3 heterocycles. The van der Waals surface area contributed by atoms with Gasteiger partial charge in [-0.3, -0.25) is 0 Å². The van der Waals surface area contributed by atoms with Gasteiger partial charge in [0.05, 0.1) is 10.9 Å². The number of aryl methyl sites for hydroxylation is 2. The first-order valence-corrected chi connectivity index (χ1v) is 16.1. The maximum atomic E-state index is 7.14. The summed E-state index contributed by atoms with van der Waals surface area (Å²) in [6, 6.07) is 18.6. The molecule has 0 saturated carbocycles. The minimum Gasteiger partial charge on any atom is -0.455 e. The third kappa shape index (κ3) is 4.90. The monoisotopic (exact) mass is 572 g/mol. The van der Waals surface area contributed by atoms with Crippen LogP contribution in [0.1, 0.15) is 82.6 Å². The zero-order valence-corrected chi connectivity index (χ0v) is 27.3. The van der Waals surface area contributed by atoms with E-state index in [1.807, 2.05) is 0 Å². The number of nitrogens with zero attached hydrogens (tertiary/aromatic N) is 1. The SMILES string of the molecule is Cc1c2c(c(CC(C)(C)C)c3ccc(CC(C)(C)C)cc13)Oc1cc3cccc(C4CCOCC4)c3c3cc[n+](C)c-2c13. The van der Waals surface area contributed by atoms with Gasteiger partial charge in [-0.15, -0.1) is 0 Å². The number of pyridine rings is 1. The van der Waals surface area contributed by atoms with Gasteiger partial charge < -0.3 is 9.47 Å². The number of ether oxygens (including phenoxy) is 2. The van der Waals surface area contributed by atoms with Crippen molar-refractivity contribution in [2.45, 2.75) is 80.1 Å². The second-order valence-corrected chi connectivity index (χ2v) is 15.5. The van der Waals surface area contributed by atoms with Crippen LogP contribution in [-0.4, -0.2) is 13.2 Å². The Morgan fingerprint density at radius 1 is 0.814 bits per heavy atom. The second kappa shape index (κ2) is 10.1. The standard InChI is InChI=1S/C40H46NO2/c1-24-31-20-25(22-39(2,3)4)12-13-29(31)32(23-40(5,6)7)38-34(24)37-36-30(14-17-41(37)8)35-27(21-33(36)43-38)10-9-11-28(35)26-15-18-42-19-16-26/h9-14,17,20-21,26H,15-16,18-19,22-23H2,1-8H3/q+1. The highest BCUT2D eigenvalue weighted by Crippen LogP contribution is 2.53. The maximum absolute atomic E-state index is 7.14. The molecular weight excluding hydrogens is 526 g/mol. The number of rotatable bonds is 3. The van der Waals surface area contributed by atoms with Crippen LogP contribution in [0.5, 0.6) is 11.5 Å². The molecule has 1 saturated heterocycles. The quantitative estimate of drug-likeness (QED) is 0.155. The van der Waals surface area contributed by atoms with Gasteiger partial charge in [0, 0.05) is 30.2 Å². The Labute approximate surface area is 256 Å². The smallest absolute Gasteiger partial charge is 0.228 e. The van der Waals surface area contributed by atoms with Gasteiger partial charge in [-0.2, -0.15) is 0 Å². The Bertz CT molecular complexity index is 1910. The lowest BCUT2D eigenvalue weighted by Crippen LogP contribution is -2.32. The molecule has 4 aromatic carbocycles. The lowest BCUT2D eigenvalue weighted by Gasteiger charge is -2.29. The van der Waals surface area contributed by atoms with Gasteiger partial charge in [0.25, 0.3) is 0 Å². The number of aromatic nitrogens is 1. The molecule has 5 aromatic rings. The highest BCUT2D eigenvalue weighted by atomic mass is 16.5. The lowest BCUT2D eigenvalue weighted by atomic mass is 9.80. The molecule has 7 rings (SSSR count). The van der Waals surface area contributed by atoms with Gasteiger partial charge in [-0.25, -0.2) is 4.57 Å². The molecule has 222 valence electrons. The van der Waals surface area contributed by atoms with E-state index in [1.165, 1.54) is 65.8 Å². The third-order valence-corrected chi connectivity index (χ3v) is 9.50. The van der Waals surface area contributed by atoms with E-state index in [0.29, 0.717) is 5.92 Å². The van der Waals surface area contributed by atoms with Crippen LogP contribution < -0.4 is 9.30 Å². The van der Waals surface area contributed by atoms with Gasteiger partial charge >= 0.3 is 0 Å². The summed E-state index contributed by atoms with van der Waals surface area (Å²) in [4.78, 5) is 0. The van der Waals surface area contributed by atoms with E-state index in [-0.39, 0.29) is 10.8 Å². The minimum absolute atomic E-state index is 0.111. The Hall–Kier alpha value is -3.43. The van der Waals surface area contributed by atoms with Crippen LogP contribution in [-0.2, 0) is 24.6 Å². The van der Waals surface area contributed by atoms with E-state index in [9.17, 15) is 0 Å². The van der Waals surface area contributed by atoms with Crippen molar-refractivity contribution >= 4 is 32.3 Å². The summed E-state index contributed by atoms with van der Waals surface area (Å²) in [5.41, 5.74) is 8.35. The van der Waals surface area contributed by atoms with E-state index >= 15 is 0 Å². The highest BCUT2D eigenvalue weighted by molar-refractivity contribution is 6.17. The van der Waals surface area contributed by atoms with Crippen molar-refractivity contribution in [3.63, 3.8) is 0 Å². The van der Waals surface area contributed by atoms with E-state index in [1.54, 1.807) is 0 Å². The Kier molecular flexibility index (Phi) is 6.63. The fourth-order valence-electron chi connectivity index (χ4n) is 7.75. The minimum atomic E-state index is 0.111. The van der Waals surface area contributed by atoms with Gasteiger partial charge in [0.2, 0.25) is 5.69 Å². The number of fused-ring (bicyclic) bond motifs is 5. The average molecular weight is 573 g/mol. The Morgan fingerprint density at radius 2 is 1.56 bits per heavy atom. The van der Waals surface area contributed by atoms with E-state index in [2.05, 4.69) is 115 Å². The largest absolute Gasteiger partial charge is 0.455 e. The molecule has 1 aromatic heterocycles. The van der Waals surface area contributed by atoms with Crippen LogP contribution in [0, 0.1) is 17.8 Å². The lowest BCUT2D eigenvalue weighted by molar-refractivity contribution is -0.659. The van der Waals surface area contributed by atoms with Crippen molar-refractivity contribution in [2.75, 3.05) is 13.2 Å². The normalized spacial score (nSPS) is 15.7. The van der Waals surface area contributed by atoms with Gasteiger partial charge in [-0.1, -0.05) is 77.9 Å². The van der Waals surface area contributed by atoms with Crippen LogP contribution in [0.2, 0.25) is 0 Å². The zero-order chi connectivity index (χ0) is 30.3. The molecule has 0 aliphatic carbocycles. The molecule has 3 heteroatoms. The number of hydrogen-bond acceptors (Lipinski definition) is 2. The Balaban J connectivity index is 1.57. The molecule has 0 amide bonds. The third-order valence-electron chi connectivity index (χ3n) is 9.50. The van der Waals surface area contributed by atoms with Crippen LogP contribution in [0.4, 0.5) is 0 Å². The highest BCUT2D eigenvalue weighted by Gasteiger charge is 2.35. The van der Waals surface area contributed by atoms with Crippen molar-refractivity contribution < 1.29 is 14.0 Å². The summed E-state index contributed by atoms with van der Waals surface area (Å²) in [6.45, 7) is 18.0. The molecule has 0 N–H and O–H groups in total. The molecule has 2 aliphatic heterocycles. The topological polar surface area (TPSA) is 22.3 Å². The van der Waals surface area contributed by atoms with Crippen LogP contribution in [0.25, 0.3) is 43.6 Å². The molecular formula is C40H46NO2+. The molecule has 0 atom stereocenters. The molecule has 2 aliphatic rings. The number of benzene rings is 4. The second-order valence-electron chi connectivity index (χ2n) is 15.5. The zero-order valence-electron chi connectivity index (χ0n) is 27.3. The molecule has 43 heavy (non-hydrogen) atoms. The van der Waals surface area contributed by atoms with Crippen LogP contribution in [0.15, 0.2) is 54.7 Å². The van der Waals surface area contributed by atoms with Gasteiger partial charge in [0.15, 0.2) is 6.20 Å². The van der Waals surface area contributed by atoms with Crippen molar-refractivity contribution in [3.8, 4) is 22.8 Å². The van der Waals surface area contributed by atoms with E-state index < -0.39 is 0 Å². The van der Waals surface area contributed by atoms with Crippen molar-refractivity contribution in [1.29, 1.82) is 0 Å². The Morgan fingerprint density at radius 3 is 2.28 bits per heavy atom. The van der Waals surface area contributed by atoms with E-state index in [0.717, 1.165) is 50.4 Å². The summed E-state index contributed by atoms with van der Waals surface area (Å²) in [5, 5.41) is 7.85. The van der Waals surface area contributed by atoms with Crippen molar-refractivity contribution in [1.82, 2.24) is 0 Å². The van der Waals surface area contributed by atoms with Crippen molar-refractivity contribution in [3.05, 3.63) is 77.0 Å². The summed E-state index contributed by atoms with van der Waals surface area (Å²) in [7, 11) is 2.20. The predicted molar refractivity (Wildman–Crippen MR) is 179 cm³/mol. The number of hydrogen-bond donors (Lipinski definition) is 0. The summed E-state index contributed by atoms with van der Waals surface area (Å²) >= 11 is 0. The van der Waals surface area contributed by atoms with Gasteiger partial charge in [0.1, 0.15) is 18.5 Å². The first kappa shape index (κ1) is 28.3. The molecule has 3 nitrogen and oxygen atoms in total. The molecule has 0 unspecified atom stereocenters. The first-order valence-electron chi connectivity index (χ1n) is 16.1.